The van der Waals surface area contributed by atoms with E-state index in [2.05, 4.69) is 63.1 Å². The Bertz CT molecular complexity index is 842. The molecule has 0 saturated heterocycles. The molecule has 0 aliphatic carbocycles. The van der Waals surface area contributed by atoms with Crippen molar-refractivity contribution < 1.29 is 0 Å². The van der Waals surface area contributed by atoms with E-state index in [0.29, 0.717) is 0 Å². The molecule has 2 aromatic carbocycles. The van der Waals surface area contributed by atoms with Gasteiger partial charge in [0.2, 0.25) is 0 Å². The van der Waals surface area contributed by atoms with E-state index >= 15 is 0 Å². The Balaban J connectivity index is 3.00. The first kappa shape index (κ1) is 16.8. The van der Waals surface area contributed by atoms with Crippen LogP contribution in [-0.2, 0) is 0 Å². The molecule has 116 valence electrons. The van der Waals surface area contributed by atoms with Crippen LogP contribution < -0.4 is 0 Å². The van der Waals surface area contributed by atoms with Crippen LogP contribution in [0.3, 0.4) is 0 Å². The molecule has 0 spiro atoms. The van der Waals surface area contributed by atoms with Crippen LogP contribution in [-0.4, -0.2) is 0 Å². The van der Waals surface area contributed by atoms with Gasteiger partial charge in [0, 0.05) is 0 Å². The molecule has 0 heterocycles. The van der Waals surface area contributed by atoms with Crippen molar-refractivity contribution in [1.29, 1.82) is 0 Å². The molecule has 0 unspecified atom stereocenters. The Morgan fingerprint density at radius 1 is 1.00 bits per heavy atom. The van der Waals surface area contributed by atoms with Gasteiger partial charge in [0.05, 0.1) is 0 Å². The van der Waals surface area contributed by atoms with Gasteiger partial charge < -0.3 is 0 Å². The van der Waals surface area contributed by atoms with Gasteiger partial charge in [-0.25, -0.2) is 0 Å². The molecule has 0 amide bonds. The van der Waals surface area contributed by atoms with Crippen molar-refractivity contribution in [1.82, 2.24) is 0 Å². The Kier molecular flexibility index (Phi) is 5.18. The van der Waals surface area contributed by atoms with Crippen LogP contribution in [0.1, 0.15) is 41.7 Å². The Labute approximate surface area is 139 Å². The van der Waals surface area contributed by atoms with Gasteiger partial charge in [0.25, 0.3) is 0 Å². The highest BCUT2D eigenvalue weighted by atomic mass is 14.2. The summed E-state index contributed by atoms with van der Waals surface area (Å²) in [4.78, 5) is 0. The summed E-state index contributed by atoms with van der Waals surface area (Å²) < 4.78 is 0. The van der Waals surface area contributed by atoms with Crippen LogP contribution in [0.2, 0.25) is 0 Å². The molecule has 0 aromatic heterocycles. The zero-order valence-electron chi connectivity index (χ0n) is 14.3. The van der Waals surface area contributed by atoms with Crippen LogP contribution in [0.25, 0.3) is 34.6 Å². The van der Waals surface area contributed by atoms with Crippen molar-refractivity contribution in [2.24, 2.45) is 0 Å². The summed E-state index contributed by atoms with van der Waals surface area (Å²) in [5, 5.41) is 2.48. The first-order valence-corrected chi connectivity index (χ1v) is 7.85. The molecule has 0 nitrogen and oxygen atoms in total. The molecular weight excluding hydrogens is 276 g/mol. The minimum atomic E-state index is 1.08. The Morgan fingerprint density at radius 3 is 2.30 bits per heavy atom. The van der Waals surface area contributed by atoms with Crippen molar-refractivity contribution in [2.75, 3.05) is 0 Å². The van der Waals surface area contributed by atoms with E-state index in [1.807, 2.05) is 26.0 Å². The van der Waals surface area contributed by atoms with Crippen molar-refractivity contribution in [2.45, 2.75) is 20.8 Å². The number of hydrogen-bond donors (Lipinski definition) is 0. The maximum absolute atomic E-state index is 4.06. The summed E-state index contributed by atoms with van der Waals surface area (Å²) in [7, 11) is 0. The second-order valence-corrected chi connectivity index (χ2v) is 5.71. The fourth-order valence-corrected chi connectivity index (χ4v) is 2.94. The monoisotopic (exact) mass is 300 g/mol. The highest BCUT2D eigenvalue weighted by molar-refractivity contribution is 6.00. The zero-order chi connectivity index (χ0) is 17.0. The minimum Gasteiger partial charge on any atom is -0.0991 e. The molecule has 23 heavy (non-hydrogen) atoms. The third kappa shape index (κ3) is 3.12. The average Bonchev–Trinajstić information content (AvgIpc) is 2.55. The van der Waals surface area contributed by atoms with E-state index in [1.165, 1.54) is 38.6 Å². The summed E-state index contributed by atoms with van der Waals surface area (Å²) >= 11 is 0. The number of fused-ring (bicyclic) bond motifs is 1. The Hall–Kier alpha value is -2.60. The molecule has 0 heteroatoms. The number of hydrogen-bond acceptors (Lipinski definition) is 0. The summed E-state index contributed by atoms with van der Waals surface area (Å²) in [5.41, 5.74) is 7.10. The van der Waals surface area contributed by atoms with E-state index in [4.69, 9.17) is 0 Å². The lowest BCUT2D eigenvalue weighted by atomic mass is 9.87. The normalized spacial score (nSPS) is 11.4. The second kappa shape index (κ2) is 7.11. The van der Waals surface area contributed by atoms with Gasteiger partial charge >= 0.3 is 0 Å². The van der Waals surface area contributed by atoms with Crippen molar-refractivity contribution in [3.63, 3.8) is 0 Å². The fourth-order valence-electron chi connectivity index (χ4n) is 2.94. The van der Waals surface area contributed by atoms with Crippen LogP contribution >= 0.6 is 0 Å². The summed E-state index contributed by atoms with van der Waals surface area (Å²) in [6.07, 6.45) is 12.1. The van der Waals surface area contributed by atoms with Gasteiger partial charge in [-0.1, -0.05) is 73.9 Å². The van der Waals surface area contributed by atoms with Crippen LogP contribution in [0.15, 0.2) is 56.2 Å². The quantitative estimate of drug-likeness (QED) is 0.519. The summed E-state index contributed by atoms with van der Waals surface area (Å²) in [5.74, 6) is 0. The molecule has 0 aliphatic heterocycles. The number of aryl methyl sites for hydroxylation is 1. The van der Waals surface area contributed by atoms with Gasteiger partial charge in [-0.3, -0.25) is 0 Å². The van der Waals surface area contributed by atoms with E-state index in [1.54, 1.807) is 6.08 Å². The minimum absolute atomic E-state index is 1.08. The molecule has 0 aliphatic rings. The van der Waals surface area contributed by atoms with E-state index in [-0.39, 0.29) is 0 Å². The molecule has 2 rings (SSSR count). The molecule has 0 atom stereocenters. The molecule has 0 fully saturated rings. The van der Waals surface area contributed by atoms with Gasteiger partial charge in [-0.15, -0.1) is 0 Å². The van der Waals surface area contributed by atoms with Crippen LogP contribution in [0.5, 0.6) is 0 Å². The maximum atomic E-state index is 4.06. The van der Waals surface area contributed by atoms with Crippen LogP contribution in [0.4, 0.5) is 0 Å². The molecule has 0 N–H and O–H groups in total. The van der Waals surface area contributed by atoms with Gasteiger partial charge in [-0.2, -0.15) is 0 Å². The highest BCUT2D eigenvalue weighted by Crippen LogP contribution is 2.34. The average molecular weight is 300 g/mol. The molecule has 0 bridgehead atoms. The van der Waals surface area contributed by atoms with Crippen molar-refractivity contribution in [3.8, 4) is 0 Å². The summed E-state index contributed by atoms with van der Waals surface area (Å²) in [6.45, 7) is 18.1. The maximum Gasteiger partial charge on any atom is -0.0102 e. The van der Waals surface area contributed by atoms with E-state index < -0.39 is 0 Å². The number of benzene rings is 2. The molecular formula is C23H24. The topological polar surface area (TPSA) is 0 Å². The lowest BCUT2D eigenvalue weighted by Gasteiger charge is -2.16. The first-order chi connectivity index (χ1) is 11.0. The van der Waals surface area contributed by atoms with Crippen molar-refractivity contribution >= 4 is 34.6 Å². The zero-order valence-corrected chi connectivity index (χ0v) is 14.3. The van der Waals surface area contributed by atoms with Crippen molar-refractivity contribution in [3.05, 3.63) is 84.0 Å². The lowest BCUT2D eigenvalue weighted by Crippen LogP contribution is -1.95. The van der Waals surface area contributed by atoms with Gasteiger partial charge in [0.1, 0.15) is 0 Å². The second-order valence-electron chi connectivity index (χ2n) is 5.71. The lowest BCUT2D eigenvalue weighted by molar-refractivity contribution is 1.46. The van der Waals surface area contributed by atoms with Gasteiger partial charge in [0.15, 0.2) is 0 Å². The smallest absolute Gasteiger partial charge is 0.0102 e. The van der Waals surface area contributed by atoms with Gasteiger partial charge in [-0.05, 0) is 65.4 Å². The third-order valence-corrected chi connectivity index (χ3v) is 4.13. The number of rotatable bonds is 5. The predicted octanol–water partition coefficient (Wildman–Crippen LogP) is 7.06. The van der Waals surface area contributed by atoms with E-state index in [0.717, 1.165) is 5.57 Å². The predicted molar refractivity (Wildman–Crippen MR) is 107 cm³/mol. The molecule has 0 saturated carbocycles. The van der Waals surface area contributed by atoms with Crippen LogP contribution in [0, 0.1) is 6.92 Å². The van der Waals surface area contributed by atoms with E-state index in [9.17, 15) is 0 Å². The summed E-state index contributed by atoms with van der Waals surface area (Å²) in [6, 6.07) is 6.54. The SMILES string of the molecule is C=C/C=C\c1c(/C=C\C)c(C=C)c2ccc(C(=C)C)cc2c1C. The third-order valence-electron chi connectivity index (χ3n) is 4.13. The number of allylic oxidation sites excluding steroid dienone is 4. The highest BCUT2D eigenvalue weighted by Gasteiger charge is 2.13. The standard InChI is InChI=1S/C23H24/c1-7-10-12-20-17(6)23-15-18(16(4)5)13-14-22(23)19(9-3)21(20)11-8-2/h7-15H,1,3-4H2,2,5-6H3/b11-8-,12-10-. The molecule has 2 aromatic rings. The molecule has 0 radical (unpaired) electrons. The first-order valence-electron chi connectivity index (χ1n) is 7.85. The Morgan fingerprint density at radius 2 is 1.74 bits per heavy atom. The largest absolute Gasteiger partial charge is 0.0991 e. The fraction of sp³-hybridized carbons (Fsp3) is 0.130.